The monoisotopic (exact) mass is 420 g/mol. The van der Waals surface area contributed by atoms with Crippen LogP contribution in [0.4, 0.5) is 4.79 Å². The van der Waals surface area contributed by atoms with E-state index in [0.717, 1.165) is 5.56 Å². The Kier molecular flexibility index (Phi) is 11.2. The molecule has 0 saturated carbocycles. The molecule has 0 aliphatic carbocycles. The minimum atomic E-state index is -0.963. The molecule has 0 aliphatic rings. The first-order valence-electron chi connectivity index (χ1n) is 10.1. The van der Waals surface area contributed by atoms with E-state index in [2.05, 4.69) is 10.6 Å². The van der Waals surface area contributed by atoms with Crippen molar-refractivity contribution in [2.45, 2.75) is 65.1 Å². The van der Waals surface area contributed by atoms with Crippen LogP contribution >= 0.6 is 0 Å². The maximum absolute atomic E-state index is 12.8. The van der Waals surface area contributed by atoms with Gasteiger partial charge in [-0.05, 0) is 24.3 Å². The SMILES string of the molecule is CCC(=O)CC[C@@H](NC(=O)[C@H](CC(C)C)NC(=O)OCc1ccccc1)C(=O)OC. The molecule has 2 atom stereocenters. The maximum Gasteiger partial charge on any atom is 0.408 e. The molecule has 1 aromatic carbocycles. The molecule has 8 nitrogen and oxygen atoms in total. The van der Waals surface area contributed by atoms with Crippen LogP contribution in [-0.2, 0) is 30.5 Å². The number of esters is 1. The largest absolute Gasteiger partial charge is 0.467 e. The first kappa shape index (κ1) is 25.1. The van der Waals surface area contributed by atoms with E-state index >= 15 is 0 Å². The smallest absolute Gasteiger partial charge is 0.408 e. The molecule has 0 radical (unpaired) electrons. The van der Waals surface area contributed by atoms with Gasteiger partial charge in [0.15, 0.2) is 0 Å². The molecule has 2 amide bonds. The van der Waals surface area contributed by atoms with Gasteiger partial charge in [-0.25, -0.2) is 9.59 Å². The van der Waals surface area contributed by atoms with Gasteiger partial charge in [-0.15, -0.1) is 0 Å². The van der Waals surface area contributed by atoms with Crippen LogP contribution in [0.5, 0.6) is 0 Å². The molecular weight excluding hydrogens is 388 g/mol. The van der Waals surface area contributed by atoms with Crippen molar-refractivity contribution in [3.05, 3.63) is 35.9 Å². The molecule has 1 aromatic rings. The molecule has 0 aromatic heterocycles. The molecule has 1 rings (SSSR count). The Bertz CT molecular complexity index is 705. The molecule has 0 fully saturated rings. The van der Waals surface area contributed by atoms with Crippen molar-refractivity contribution < 1.29 is 28.7 Å². The number of alkyl carbamates (subject to hydrolysis) is 1. The van der Waals surface area contributed by atoms with Gasteiger partial charge in [-0.1, -0.05) is 51.1 Å². The van der Waals surface area contributed by atoms with Crippen molar-refractivity contribution in [2.75, 3.05) is 7.11 Å². The summed E-state index contributed by atoms with van der Waals surface area (Å²) in [6.45, 7) is 5.63. The van der Waals surface area contributed by atoms with E-state index in [9.17, 15) is 19.2 Å². The number of ketones is 1. The standard InChI is InChI=1S/C22H32N2O6/c1-5-17(25)11-12-18(21(27)29-4)23-20(26)19(13-15(2)3)24-22(28)30-14-16-9-7-6-8-10-16/h6-10,15,18-19H,5,11-14H2,1-4H3,(H,23,26)(H,24,28)/t18-,19+/m1/s1. The summed E-state index contributed by atoms with van der Waals surface area (Å²) in [4.78, 5) is 48.6. The summed E-state index contributed by atoms with van der Waals surface area (Å²) in [5.74, 6) is -1.07. The molecule has 0 spiro atoms. The first-order chi connectivity index (χ1) is 14.3. The molecule has 2 N–H and O–H groups in total. The quantitative estimate of drug-likeness (QED) is 0.503. The average molecular weight is 421 g/mol. The van der Waals surface area contributed by atoms with E-state index in [1.54, 1.807) is 6.92 Å². The number of Topliss-reactive ketones (excluding diaryl/α,β-unsaturated/α-hetero) is 1. The van der Waals surface area contributed by atoms with Gasteiger partial charge in [-0.2, -0.15) is 0 Å². The van der Waals surface area contributed by atoms with Gasteiger partial charge in [0, 0.05) is 12.8 Å². The van der Waals surface area contributed by atoms with Gasteiger partial charge in [0.25, 0.3) is 0 Å². The van der Waals surface area contributed by atoms with Crippen molar-refractivity contribution in [1.82, 2.24) is 10.6 Å². The van der Waals surface area contributed by atoms with Crippen molar-refractivity contribution in [1.29, 1.82) is 0 Å². The van der Waals surface area contributed by atoms with Gasteiger partial charge < -0.3 is 20.1 Å². The predicted molar refractivity (Wildman–Crippen MR) is 111 cm³/mol. The summed E-state index contributed by atoms with van der Waals surface area (Å²) in [5.41, 5.74) is 0.823. The predicted octanol–water partition coefficient (Wildman–Crippen LogP) is 2.74. The van der Waals surface area contributed by atoms with Crippen LogP contribution < -0.4 is 10.6 Å². The van der Waals surface area contributed by atoms with Gasteiger partial charge in [0.05, 0.1) is 7.11 Å². The Balaban J connectivity index is 2.73. The number of benzene rings is 1. The minimum Gasteiger partial charge on any atom is -0.467 e. The van der Waals surface area contributed by atoms with Crippen molar-refractivity contribution in [3.8, 4) is 0 Å². The van der Waals surface area contributed by atoms with Gasteiger partial charge >= 0.3 is 12.1 Å². The van der Waals surface area contributed by atoms with Crippen LogP contribution in [-0.4, -0.2) is 42.9 Å². The second-order valence-electron chi connectivity index (χ2n) is 7.40. The lowest BCUT2D eigenvalue weighted by Gasteiger charge is -2.23. The Morgan fingerprint density at radius 1 is 1.00 bits per heavy atom. The topological polar surface area (TPSA) is 111 Å². The van der Waals surface area contributed by atoms with Crippen molar-refractivity contribution in [3.63, 3.8) is 0 Å². The third-order valence-corrected chi connectivity index (χ3v) is 4.44. The zero-order valence-electron chi connectivity index (χ0n) is 18.1. The summed E-state index contributed by atoms with van der Waals surface area (Å²) in [5, 5.41) is 5.16. The summed E-state index contributed by atoms with van der Waals surface area (Å²) in [7, 11) is 1.22. The molecule has 166 valence electrons. The Morgan fingerprint density at radius 3 is 2.23 bits per heavy atom. The number of ether oxygens (including phenoxy) is 2. The number of methoxy groups -OCH3 is 1. The number of nitrogens with one attached hydrogen (secondary N) is 2. The normalized spacial score (nSPS) is 12.6. The lowest BCUT2D eigenvalue weighted by atomic mass is 10.0. The van der Waals surface area contributed by atoms with Crippen LogP contribution in [0.1, 0.15) is 52.0 Å². The molecule has 0 saturated heterocycles. The highest BCUT2D eigenvalue weighted by atomic mass is 16.5. The van der Waals surface area contributed by atoms with Gasteiger partial charge in [-0.3, -0.25) is 9.59 Å². The second kappa shape index (κ2) is 13.3. The lowest BCUT2D eigenvalue weighted by molar-refractivity contribution is -0.145. The maximum atomic E-state index is 12.8. The fourth-order valence-electron chi connectivity index (χ4n) is 2.76. The van der Waals surface area contributed by atoms with Crippen LogP contribution in [0.3, 0.4) is 0 Å². The van der Waals surface area contributed by atoms with E-state index < -0.39 is 30.1 Å². The second-order valence-corrected chi connectivity index (χ2v) is 7.40. The van der Waals surface area contributed by atoms with E-state index in [-0.39, 0.29) is 31.1 Å². The zero-order chi connectivity index (χ0) is 22.5. The fraction of sp³-hybridized carbons (Fsp3) is 0.545. The number of hydrogen-bond donors (Lipinski definition) is 2. The van der Waals surface area contributed by atoms with Crippen LogP contribution in [0.15, 0.2) is 30.3 Å². The fourth-order valence-corrected chi connectivity index (χ4v) is 2.76. The number of amides is 2. The van der Waals surface area contributed by atoms with Crippen molar-refractivity contribution in [2.24, 2.45) is 5.92 Å². The third kappa shape index (κ3) is 9.54. The summed E-state index contributed by atoms with van der Waals surface area (Å²) >= 11 is 0. The van der Waals surface area contributed by atoms with Crippen LogP contribution in [0.25, 0.3) is 0 Å². The molecule has 30 heavy (non-hydrogen) atoms. The Hall–Kier alpha value is -2.90. The zero-order valence-corrected chi connectivity index (χ0v) is 18.1. The van der Waals surface area contributed by atoms with E-state index in [1.165, 1.54) is 7.11 Å². The van der Waals surface area contributed by atoms with Crippen LogP contribution in [0, 0.1) is 5.92 Å². The van der Waals surface area contributed by atoms with Crippen LogP contribution in [0.2, 0.25) is 0 Å². The van der Waals surface area contributed by atoms with Gasteiger partial charge in [0.2, 0.25) is 5.91 Å². The molecular formula is C22H32N2O6. The summed E-state index contributed by atoms with van der Waals surface area (Å²) < 4.78 is 9.92. The Labute approximate surface area is 177 Å². The first-order valence-corrected chi connectivity index (χ1v) is 10.1. The number of carbonyl (C=O) groups is 4. The summed E-state index contributed by atoms with van der Waals surface area (Å²) in [6, 6.07) is 7.33. The molecule has 0 heterocycles. The molecule has 0 unspecified atom stereocenters. The van der Waals surface area contributed by atoms with Gasteiger partial charge in [0.1, 0.15) is 24.5 Å². The van der Waals surface area contributed by atoms with E-state index in [1.807, 2.05) is 44.2 Å². The minimum absolute atomic E-state index is 0.0144. The van der Waals surface area contributed by atoms with E-state index in [4.69, 9.17) is 9.47 Å². The highest BCUT2D eigenvalue weighted by Gasteiger charge is 2.28. The summed E-state index contributed by atoms with van der Waals surface area (Å²) in [6.07, 6.45) is 0.270. The highest BCUT2D eigenvalue weighted by molar-refractivity contribution is 5.90. The highest BCUT2D eigenvalue weighted by Crippen LogP contribution is 2.09. The molecule has 8 heteroatoms. The average Bonchev–Trinajstić information content (AvgIpc) is 2.74. The number of hydrogen-bond acceptors (Lipinski definition) is 6. The Morgan fingerprint density at radius 2 is 1.67 bits per heavy atom. The third-order valence-electron chi connectivity index (χ3n) is 4.44. The molecule has 0 bridgehead atoms. The molecule has 0 aliphatic heterocycles. The van der Waals surface area contributed by atoms with Crippen molar-refractivity contribution >= 4 is 23.8 Å². The lowest BCUT2D eigenvalue weighted by Crippen LogP contribution is -2.52. The number of rotatable bonds is 12. The number of carbonyl (C=O) groups excluding carboxylic acids is 4. The van der Waals surface area contributed by atoms with E-state index in [0.29, 0.717) is 12.8 Å².